The molecular weight excluding hydrogens is 599 g/mol. The summed E-state index contributed by atoms with van der Waals surface area (Å²) in [6.07, 6.45) is 7.22. The van der Waals surface area contributed by atoms with Crippen molar-refractivity contribution < 1.29 is 0 Å². The van der Waals surface area contributed by atoms with Crippen molar-refractivity contribution in [3.8, 4) is 62.0 Å². The monoisotopic (exact) mass is 627 g/mol. The molecule has 0 amide bonds. The topological polar surface area (TPSA) is 56.5 Å². The lowest BCUT2D eigenvalue weighted by molar-refractivity contribution is 1.05. The Hall–Kier alpha value is -6.72. The van der Waals surface area contributed by atoms with Crippen LogP contribution in [0.3, 0.4) is 0 Å². The van der Waals surface area contributed by atoms with Crippen molar-refractivity contribution in [1.29, 1.82) is 0 Å². The quantitative estimate of drug-likeness (QED) is 0.184. The highest BCUT2D eigenvalue weighted by Gasteiger charge is 2.24. The predicted molar refractivity (Wildman–Crippen MR) is 199 cm³/mol. The standard InChI is InChI=1S/C44H29N5/c1-3-9-32(10-4-1)42-43-36-19-17-35(39-14-7-13-37(47-39)30-21-25-45-26-22-30)29-34(36)18-20-40(43)49(44(42)33-11-5-2-6-12-33)41-16-8-15-38(48-41)31-23-27-46-28-24-31/h1-29H. The van der Waals surface area contributed by atoms with Gasteiger partial charge >= 0.3 is 0 Å². The molecule has 0 unspecified atom stereocenters. The molecule has 5 nitrogen and oxygen atoms in total. The predicted octanol–water partition coefficient (Wildman–Crippen LogP) is 10.7. The van der Waals surface area contributed by atoms with Crippen molar-refractivity contribution in [2.24, 2.45) is 0 Å². The van der Waals surface area contributed by atoms with E-state index in [1.807, 2.05) is 42.7 Å². The molecule has 5 aromatic heterocycles. The average Bonchev–Trinajstić information content (AvgIpc) is 3.55. The summed E-state index contributed by atoms with van der Waals surface area (Å²) < 4.78 is 2.32. The van der Waals surface area contributed by atoms with Gasteiger partial charge in [-0.3, -0.25) is 14.5 Å². The number of rotatable bonds is 6. The highest BCUT2D eigenvalue weighted by Crippen LogP contribution is 2.45. The maximum Gasteiger partial charge on any atom is 0.138 e. The number of fused-ring (bicyclic) bond motifs is 3. The van der Waals surface area contributed by atoms with Crippen LogP contribution in [-0.4, -0.2) is 24.5 Å². The summed E-state index contributed by atoms with van der Waals surface area (Å²) in [7, 11) is 0. The van der Waals surface area contributed by atoms with Gasteiger partial charge in [-0.05, 0) is 82.6 Å². The van der Waals surface area contributed by atoms with Crippen molar-refractivity contribution in [3.05, 3.63) is 176 Å². The summed E-state index contributed by atoms with van der Waals surface area (Å²) >= 11 is 0. The van der Waals surface area contributed by atoms with Crippen LogP contribution >= 0.6 is 0 Å². The van der Waals surface area contributed by atoms with Crippen LogP contribution in [-0.2, 0) is 0 Å². The molecule has 0 aliphatic carbocycles. The summed E-state index contributed by atoms with van der Waals surface area (Å²) in [5.41, 5.74) is 11.5. The third-order valence-corrected chi connectivity index (χ3v) is 9.02. The van der Waals surface area contributed by atoms with Crippen LogP contribution < -0.4 is 0 Å². The molecule has 0 fully saturated rings. The average molecular weight is 628 g/mol. The number of hydrogen-bond donors (Lipinski definition) is 0. The SMILES string of the molecule is c1ccc(-c2c(-c3ccccc3)n(-c3cccc(-c4ccncc4)n3)c3ccc4cc(-c5cccc(-c6ccncc6)n5)ccc4c23)cc1. The minimum Gasteiger partial charge on any atom is -0.293 e. The maximum atomic E-state index is 5.25. The van der Waals surface area contributed by atoms with Gasteiger partial charge in [0.25, 0.3) is 0 Å². The van der Waals surface area contributed by atoms with Gasteiger partial charge in [0.1, 0.15) is 5.82 Å². The maximum absolute atomic E-state index is 5.25. The first-order valence-corrected chi connectivity index (χ1v) is 16.3. The summed E-state index contributed by atoms with van der Waals surface area (Å²) in [5.74, 6) is 0.855. The summed E-state index contributed by atoms with van der Waals surface area (Å²) in [6, 6.07) is 52.9. The fourth-order valence-corrected chi connectivity index (χ4v) is 6.78. The molecule has 230 valence electrons. The molecule has 9 aromatic rings. The molecule has 0 saturated carbocycles. The first kappa shape index (κ1) is 28.5. The van der Waals surface area contributed by atoms with Gasteiger partial charge in [0.2, 0.25) is 0 Å². The summed E-state index contributed by atoms with van der Waals surface area (Å²) in [4.78, 5) is 18.7. The largest absolute Gasteiger partial charge is 0.293 e. The second kappa shape index (κ2) is 12.1. The van der Waals surface area contributed by atoms with Crippen LogP contribution in [0.5, 0.6) is 0 Å². The third kappa shape index (κ3) is 5.14. The molecule has 0 saturated heterocycles. The lowest BCUT2D eigenvalue weighted by Crippen LogP contribution is -2.01. The van der Waals surface area contributed by atoms with Gasteiger partial charge in [-0.25, -0.2) is 9.97 Å². The van der Waals surface area contributed by atoms with Crippen molar-refractivity contribution >= 4 is 21.7 Å². The number of pyridine rings is 4. The van der Waals surface area contributed by atoms with Crippen LogP contribution in [0.25, 0.3) is 83.6 Å². The van der Waals surface area contributed by atoms with E-state index in [0.717, 1.165) is 67.3 Å². The third-order valence-electron chi connectivity index (χ3n) is 9.02. The minimum absolute atomic E-state index is 0.855. The van der Waals surface area contributed by atoms with Gasteiger partial charge in [-0.2, -0.15) is 0 Å². The Morgan fingerprint density at radius 3 is 1.67 bits per heavy atom. The van der Waals surface area contributed by atoms with E-state index >= 15 is 0 Å². The molecule has 9 rings (SSSR count). The van der Waals surface area contributed by atoms with Crippen molar-refractivity contribution in [2.75, 3.05) is 0 Å². The number of nitrogens with zero attached hydrogens (tertiary/aromatic N) is 5. The zero-order valence-corrected chi connectivity index (χ0v) is 26.5. The summed E-state index contributed by atoms with van der Waals surface area (Å²) in [6.45, 7) is 0. The molecule has 5 heterocycles. The van der Waals surface area contributed by atoms with E-state index in [4.69, 9.17) is 9.97 Å². The molecule has 0 aliphatic heterocycles. The number of hydrogen-bond acceptors (Lipinski definition) is 4. The lowest BCUT2D eigenvalue weighted by Gasteiger charge is -2.13. The van der Waals surface area contributed by atoms with Crippen LogP contribution in [0.4, 0.5) is 0 Å². The zero-order chi connectivity index (χ0) is 32.6. The molecule has 0 atom stereocenters. The Morgan fingerprint density at radius 1 is 0.408 bits per heavy atom. The zero-order valence-electron chi connectivity index (χ0n) is 26.5. The van der Waals surface area contributed by atoms with Gasteiger partial charge in [0.05, 0.1) is 28.3 Å². The molecule has 0 aliphatic rings. The van der Waals surface area contributed by atoms with Crippen LogP contribution in [0.15, 0.2) is 176 Å². The Balaban J connectivity index is 1.32. The van der Waals surface area contributed by atoms with E-state index < -0.39 is 0 Å². The van der Waals surface area contributed by atoms with Crippen LogP contribution in [0.2, 0.25) is 0 Å². The van der Waals surface area contributed by atoms with Gasteiger partial charge < -0.3 is 0 Å². The minimum atomic E-state index is 0.855. The van der Waals surface area contributed by atoms with E-state index in [1.54, 1.807) is 12.4 Å². The molecule has 0 N–H and O–H groups in total. The van der Waals surface area contributed by atoms with Crippen molar-refractivity contribution in [1.82, 2.24) is 24.5 Å². The van der Waals surface area contributed by atoms with E-state index in [1.165, 1.54) is 16.3 Å². The second-order valence-corrected chi connectivity index (χ2v) is 11.9. The lowest BCUT2D eigenvalue weighted by atomic mass is 9.94. The Morgan fingerprint density at radius 2 is 1.00 bits per heavy atom. The first-order chi connectivity index (χ1) is 24.3. The molecule has 49 heavy (non-hydrogen) atoms. The summed E-state index contributed by atoms with van der Waals surface area (Å²) in [5, 5.41) is 3.50. The van der Waals surface area contributed by atoms with Gasteiger partial charge in [0, 0.05) is 52.4 Å². The fraction of sp³-hybridized carbons (Fsp3) is 0. The van der Waals surface area contributed by atoms with Crippen LogP contribution in [0, 0.1) is 0 Å². The van der Waals surface area contributed by atoms with Gasteiger partial charge in [-0.1, -0.05) is 91.0 Å². The second-order valence-electron chi connectivity index (χ2n) is 11.9. The molecule has 5 heteroatoms. The van der Waals surface area contributed by atoms with Crippen molar-refractivity contribution in [2.45, 2.75) is 0 Å². The number of aromatic nitrogens is 5. The number of benzene rings is 4. The highest BCUT2D eigenvalue weighted by atomic mass is 15.1. The van der Waals surface area contributed by atoms with Gasteiger partial charge in [-0.15, -0.1) is 0 Å². The molecule has 0 radical (unpaired) electrons. The van der Waals surface area contributed by atoms with E-state index in [-0.39, 0.29) is 0 Å². The van der Waals surface area contributed by atoms with Crippen molar-refractivity contribution in [3.63, 3.8) is 0 Å². The molecule has 4 aromatic carbocycles. The Labute approximate surface area is 283 Å². The smallest absolute Gasteiger partial charge is 0.138 e. The fourth-order valence-electron chi connectivity index (χ4n) is 6.78. The Kier molecular flexibility index (Phi) is 7.06. The molecule has 0 bridgehead atoms. The molecular formula is C44H29N5. The first-order valence-electron chi connectivity index (χ1n) is 16.3. The van der Waals surface area contributed by atoms with Gasteiger partial charge in [0.15, 0.2) is 0 Å². The van der Waals surface area contributed by atoms with E-state index in [9.17, 15) is 0 Å². The van der Waals surface area contributed by atoms with Crippen LogP contribution in [0.1, 0.15) is 0 Å². The van der Waals surface area contributed by atoms with E-state index in [0.29, 0.717) is 0 Å². The molecule has 0 spiro atoms. The van der Waals surface area contributed by atoms with E-state index in [2.05, 4.69) is 136 Å². The highest BCUT2D eigenvalue weighted by molar-refractivity contribution is 6.18. The normalized spacial score (nSPS) is 11.3. The Bertz CT molecular complexity index is 2580.